The third kappa shape index (κ3) is 2.85. The summed E-state index contributed by atoms with van der Waals surface area (Å²) in [7, 11) is 0. The molecule has 0 aliphatic rings. The van der Waals surface area contributed by atoms with Crippen LogP contribution in [0.5, 0.6) is 0 Å². The smallest absolute Gasteiger partial charge is 0.123 e. The van der Waals surface area contributed by atoms with Crippen molar-refractivity contribution in [2.45, 2.75) is 6.54 Å². The van der Waals surface area contributed by atoms with Crippen LogP contribution in [0.3, 0.4) is 0 Å². The molecule has 0 saturated carbocycles. The number of hydrogen-bond donors (Lipinski definition) is 2. The molecule has 20 heavy (non-hydrogen) atoms. The molecule has 0 radical (unpaired) electrons. The lowest BCUT2D eigenvalue weighted by molar-refractivity contribution is 0.626. The number of benzene rings is 2. The summed E-state index contributed by atoms with van der Waals surface area (Å²) < 4.78 is 13.1. The molecule has 0 unspecified atom stereocenters. The number of anilines is 1. The number of aromatic nitrogens is 2. The maximum atomic E-state index is 13.1. The molecule has 2 aromatic carbocycles. The summed E-state index contributed by atoms with van der Waals surface area (Å²) in [4.78, 5) is 0. The van der Waals surface area contributed by atoms with Crippen molar-refractivity contribution in [3.63, 3.8) is 0 Å². The molecule has 0 aliphatic heterocycles. The van der Waals surface area contributed by atoms with Crippen molar-refractivity contribution < 1.29 is 4.39 Å². The zero-order valence-corrected chi connectivity index (χ0v) is 10.8. The number of H-pyrrole nitrogens is 1. The average molecular weight is 267 g/mol. The predicted molar refractivity (Wildman–Crippen MR) is 77.8 cm³/mol. The second kappa shape index (κ2) is 5.57. The summed E-state index contributed by atoms with van der Waals surface area (Å²) in [6, 6.07) is 16.5. The van der Waals surface area contributed by atoms with Gasteiger partial charge in [0.1, 0.15) is 5.82 Å². The number of hydrogen-bond acceptors (Lipinski definition) is 2. The van der Waals surface area contributed by atoms with Gasteiger partial charge in [0, 0.05) is 24.0 Å². The molecule has 0 bridgehead atoms. The molecule has 0 spiro atoms. The number of rotatable bonds is 4. The summed E-state index contributed by atoms with van der Waals surface area (Å²) in [5.74, 6) is -0.212. The Kier molecular flexibility index (Phi) is 3.46. The number of nitrogens with one attached hydrogen (secondary N) is 2. The summed E-state index contributed by atoms with van der Waals surface area (Å²) in [6.45, 7) is 0.587. The van der Waals surface area contributed by atoms with Gasteiger partial charge in [0.25, 0.3) is 0 Å². The van der Waals surface area contributed by atoms with E-state index in [4.69, 9.17) is 0 Å². The van der Waals surface area contributed by atoms with Crippen molar-refractivity contribution in [1.29, 1.82) is 0 Å². The van der Waals surface area contributed by atoms with E-state index >= 15 is 0 Å². The Bertz CT molecular complexity index is 692. The average Bonchev–Trinajstić information content (AvgIpc) is 3.00. The van der Waals surface area contributed by atoms with E-state index in [0.717, 1.165) is 22.5 Å². The van der Waals surface area contributed by atoms with Crippen LogP contribution in [0, 0.1) is 5.82 Å². The van der Waals surface area contributed by atoms with Crippen LogP contribution in [0.25, 0.3) is 11.3 Å². The van der Waals surface area contributed by atoms with E-state index in [0.29, 0.717) is 6.54 Å². The van der Waals surface area contributed by atoms with Crippen LogP contribution in [0.4, 0.5) is 10.1 Å². The Hall–Kier alpha value is -2.62. The maximum absolute atomic E-state index is 13.1. The van der Waals surface area contributed by atoms with Gasteiger partial charge in [0.05, 0.1) is 5.69 Å². The molecule has 3 nitrogen and oxygen atoms in total. The summed E-state index contributed by atoms with van der Waals surface area (Å²) in [5, 5.41) is 10.2. The van der Waals surface area contributed by atoms with E-state index in [1.165, 1.54) is 12.1 Å². The molecule has 0 atom stereocenters. The highest BCUT2D eigenvalue weighted by Gasteiger charge is 2.01. The Labute approximate surface area is 116 Å². The molecule has 3 rings (SSSR count). The summed E-state index contributed by atoms with van der Waals surface area (Å²) >= 11 is 0. The first-order valence-corrected chi connectivity index (χ1v) is 6.39. The number of halogens is 1. The lowest BCUT2D eigenvalue weighted by atomic mass is 10.1. The number of nitrogens with zero attached hydrogens (tertiary/aromatic N) is 1. The molecular formula is C16H14FN3. The zero-order chi connectivity index (χ0) is 13.8. The summed E-state index contributed by atoms with van der Waals surface area (Å²) in [6.07, 6.45) is 1.72. The minimum absolute atomic E-state index is 0.212. The van der Waals surface area contributed by atoms with Crippen LogP contribution in [0.2, 0.25) is 0 Å². The second-order valence-corrected chi connectivity index (χ2v) is 4.53. The highest BCUT2D eigenvalue weighted by Crippen LogP contribution is 2.20. The van der Waals surface area contributed by atoms with Crippen LogP contribution in [-0.4, -0.2) is 10.2 Å². The maximum Gasteiger partial charge on any atom is 0.123 e. The first-order chi connectivity index (χ1) is 9.81. The van der Waals surface area contributed by atoms with Gasteiger partial charge in [-0.25, -0.2) is 4.39 Å². The van der Waals surface area contributed by atoms with E-state index < -0.39 is 0 Å². The van der Waals surface area contributed by atoms with Crippen LogP contribution in [0.15, 0.2) is 60.8 Å². The van der Waals surface area contributed by atoms with Crippen LogP contribution >= 0.6 is 0 Å². The third-order valence-electron chi connectivity index (χ3n) is 3.06. The predicted octanol–water partition coefficient (Wildman–Crippen LogP) is 3.83. The van der Waals surface area contributed by atoms with Gasteiger partial charge in [-0.15, -0.1) is 0 Å². The van der Waals surface area contributed by atoms with Gasteiger partial charge in [-0.05, 0) is 35.9 Å². The fraction of sp³-hybridized carbons (Fsp3) is 0.0625. The zero-order valence-electron chi connectivity index (χ0n) is 10.8. The van der Waals surface area contributed by atoms with E-state index in [2.05, 4.69) is 15.5 Å². The van der Waals surface area contributed by atoms with Gasteiger partial charge < -0.3 is 5.32 Å². The second-order valence-electron chi connectivity index (χ2n) is 4.53. The Morgan fingerprint density at radius 1 is 1.05 bits per heavy atom. The van der Waals surface area contributed by atoms with Crippen molar-refractivity contribution in [2.24, 2.45) is 0 Å². The van der Waals surface area contributed by atoms with Crippen molar-refractivity contribution in [3.8, 4) is 11.3 Å². The van der Waals surface area contributed by atoms with E-state index in [-0.39, 0.29) is 5.82 Å². The largest absolute Gasteiger partial charge is 0.381 e. The van der Waals surface area contributed by atoms with Crippen LogP contribution in [-0.2, 0) is 6.54 Å². The van der Waals surface area contributed by atoms with Gasteiger partial charge in [0.2, 0.25) is 0 Å². The normalized spacial score (nSPS) is 10.4. The van der Waals surface area contributed by atoms with Crippen LogP contribution < -0.4 is 5.32 Å². The van der Waals surface area contributed by atoms with Gasteiger partial charge in [-0.3, -0.25) is 5.10 Å². The first kappa shape index (κ1) is 12.4. The lowest BCUT2D eigenvalue weighted by Gasteiger charge is -2.08. The van der Waals surface area contributed by atoms with Gasteiger partial charge in [-0.2, -0.15) is 5.10 Å². The highest BCUT2D eigenvalue weighted by molar-refractivity contribution is 5.64. The molecule has 2 N–H and O–H groups in total. The SMILES string of the molecule is Fc1cccc(CNc2cccc(-c3ccn[nH]3)c2)c1. The van der Waals surface area contributed by atoms with Gasteiger partial charge >= 0.3 is 0 Å². The molecule has 0 amide bonds. The van der Waals surface area contributed by atoms with Gasteiger partial charge in [-0.1, -0.05) is 24.3 Å². The van der Waals surface area contributed by atoms with Gasteiger partial charge in [0.15, 0.2) is 0 Å². The topological polar surface area (TPSA) is 40.7 Å². The molecule has 0 fully saturated rings. The molecule has 3 aromatic rings. The highest BCUT2D eigenvalue weighted by atomic mass is 19.1. The molecule has 1 heterocycles. The Morgan fingerprint density at radius 2 is 1.95 bits per heavy atom. The summed E-state index contributed by atoms with van der Waals surface area (Å²) in [5.41, 5.74) is 3.93. The van der Waals surface area contributed by atoms with E-state index in [9.17, 15) is 4.39 Å². The molecule has 100 valence electrons. The fourth-order valence-electron chi connectivity index (χ4n) is 2.06. The van der Waals surface area contributed by atoms with Crippen molar-refractivity contribution in [2.75, 3.05) is 5.32 Å². The Morgan fingerprint density at radius 3 is 2.75 bits per heavy atom. The third-order valence-corrected chi connectivity index (χ3v) is 3.06. The molecule has 0 aliphatic carbocycles. The van der Waals surface area contributed by atoms with Crippen molar-refractivity contribution in [1.82, 2.24) is 10.2 Å². The quantitative estimate of drug-likeness (QED) is 0.754. The fourth-order valence-corrected chi connectivity index (χ4v) is 2.06. The van der Waals surface area contributed by atoms with Crippen molar-refractivity contribution in [3.05, 3.63) is 72.2 Å². The lowest BCUT2D eigenvalue weighted by Crippen LogP contribution is -1.99. The minimum atomic E-state index is -0.212. The standard InChI is InChI=1S/C16H14FN3/c17-14-5-1-3-12(9-14)11-18-15-6-2-4-13(10-15)16-7-8-19-20-16/h1-10,18H,11H2,(H,19,20). The Balaban J connectivity index is 1.73. The first-order valence-electron chi connectivity index (χ1n) is 6.39. The molecular weight excluding hydrogens is 253 g/mol. The number of aromatic amines is 1. The molecule has 4 heteroatoms. The van der Waals surface area contributed by atoms with E-state index in [1.807, 2.05) is 36.4 Å². The molecule has 1 aromatic heterocycles. The monoisotopic (exact) mass is 267 g/mol. The van der Waals surface area contributed by atoms with E-state index in [1.54, 1.807) is 12.3 Å². The molecule has 0 saturated heterocycles. The minimum Gasteiger partial charge on any atom is -0.381 e. The van der Waals surface area contributed by atoms with Crippen LogP contribution in [0.1, 0.15) is 5.56 Å². The van der Waals surface area contributed by atoms with Crippen molar-refractivity contribution >= 4 is 5.69 Å².